The average Bonchev–Trinajstić information content (AvgIpc) is 2.98. The highest BCUT2D eigenvalue weighted by atomic mass is 32.1. The molecule has 0 spiro atoms. The molecule has 20 heavy (non-hydrogen) atoms. The van der Waals surface area contributed by atoms with E-state index in [-0.39, 0.29) is 6.17 Å². The van der Waals surface area contributed by atoms with Crippen LogP contribution in [0.1, 0.15) is 24.1 Å². The van der Waals surface area contributed by atoms with Crippen molar-refractivity contribution in [2.45, 2.75) is 25.4 Å². The fourth-order valence-corrected chi connectivity index (χ4v) is 3.07. The Hall–Kier alpha value is -2.04. The molecule has 0 radical (unpaired) electrons. The fourth-order valence-electron chi connectivity index (χ4n) is 2.30. The van der Waals surface area contributed by atoms with Gasteiger partial charge in [0, 0.05) is 6.20 Å². The van der Waals surface area contributed by atoms with Crippen LogP contribution in [-0.4, -0.2) is 27.7 Å². The van der Waals surface area contributed by atoms with Crippen LogP contribution in [0.5, 0.6) is 0 Å². The van der Waals surface area contributed by atoms with Gasteiger partial charge in [-0.3, -0.25) is 10.2 Å². The van der Waals surface area contributed by atoms with E-state index in [9.17, 15) is 0 Å². The summed E-state index contributed by atoms with van der Waals surface area (Å²) in [6, 6.07) is 4.00. The van der Waals surface area contributed by atoms with Crippen LogP contribution in [-0.2, 0) is 0 Å². The molecule has 1 saturated heterocycles. The molecule has 7 heteroatoms. The molecule has 1 atom stereocenters. The molecule has 1 aliphatic rings. The van der Waals surface area contributed by atoms with E-state index >= 15 is 0 Å². The Morgan fingerprint density at radius 2 is 2.35 bits per heavy atom. The Morgan fingerprint density at radius 1 is 1.40 bits per heavy atom. The van der Waals surface area contributed by atoms with E-state index in [2.05, 4.69) is 31.2 Å². The van der Waals surface area contributed by atoms with E-state index in [1.54, 1.807) is 12.4 Å². The van der Waals surface area contributed by atoms with Crippen molar-refractivity contribution in [3.8, 4) is 6.07 Å². The zero-order chi connectivity index (χ0) is 13.8. The van der Waals surface area contributed by atoms with Gasteiger partial charge in [-0.25, -0.2) is 15.0 Å². The van der Waals surface area contributed by atoms with Crippen LogP contribution in [0.2, 0.25) is 0 Å². The number of anilines is 2. The molecule has 102 valence electrons. The molecular formula is C13H14N6S. The monoisotopic (exact) mass is 286 g/mol. The molecular weight excluding hydrogens is 272 g/mol. The molecule has 2 aromatic rings. The standard InChI is InChI=1S/C13H14N6S/c14-7-10-8-17-13(20-10)19(11-3-1-2-5-16-11)12-4-6-15-9-18-12/h4,6,8-9,11,16H,1-3,5H2. The molecule has 0 amide bonds. The van der Waals surface area contributed by atoms with Crippen molar-refractivity contribution in [2.75, 3.05) is 11.4 Å². The van der Waals surface area contributed by atoms with Crippen molar-refractivity contribution in [2.24, 2.45) is 0 Å². The van der Waals surface area contributed by atoms with Gasteiger partial charge in [0.2, 0.25) is 0 Å². The summed E-state index contributed by atoms with van der Waals surface area (Å²) < 4.78 is 0. The lowest BCUT2D eigenvalue weighted by Gasteiger charge is -2.33. The van der Waals surface area contributed by atoms with Gasteiger partial charge in [-0.2, -0.15) is 5.26 Å². The summed E-state index contributed by atoms with van der Waals surface area (Å²) in [4.78, 5) is 15.3. The second-order valence-electron chi connectivity index (χ2n) is 4.52. The molecule has 1 aliphatic heterocycles. The van der Waals surface area contributed by atoms with Crippen LogP contribution in [0.25, 0.3) is 0 Å². The fraction of sp³-hybridized carbons (Fsp3) is 0.385. The lowest BCUT2D eigenvalue weighted by atomic mass is 10.1. The number of aromatic nitrogens is 3. The molecule has 0 aromatic carbocycles. The minimum absolute atomic E-state index is 0.163. The summed E-state index contributed by atoms with van der Waals surface area (Å²) in [7, 11) is 0. The van der Waals surface area contributed by atoms with Gasteiger partial charge in [-0.15, -0.1) is 0 Å². The van der Waals surface area contributed by atoms with Crippen LogP contribution in [0.3, 0.4) is 0 Å². The maximum atomic E-state index is 8.97. The van der Waals surface area contributed by atoms with Crippen molar-refractivity contribution < 1.29 is 0 Å². The molecule has 1 fully saturated rings. The number of thiazole rings is 1. The molecule has 1 unspecified atom stereocenters. The Labute approximate surface area is 121 Å². The molecule has 0 bridgehead atoms. The predicted octanol–water partition coefficient (Wildman–Crippen LogP) is 2.04. The van der Waals surface area contributed by atoms with Crippen LogP contribution >= 0.6 is 11.3 Å². The first-order valence-corrected chi connectivity index (χ1v) is 7.34. The normalized spacial score (nSPS) is 18.4. The number of rotatable bonds is 3. The Balaban J connectivity index is 1.96. The van der Waals surface area contributed by atoms with E-state index in [0.29, 0.717) is 4.88 Å². The first-order chi connectivity index (χ1) is 9.88. The van der Waals surface area contributed by atoms with Crippen LogP contribution in [0.15, 0.2) is 24.8 Å². The molecule has 1 N–H and O–H groups in total. The van der Waals surface area contributed by atoms with Gasteiger partial charge in [-0.1, -0.05) is 11.3 Å². The molecule has 0 aliphatic carbocycles. The number of nitrogens with one attached hydrogen (secondary N) is 1. The second-order valence-corrected chi connectivity index (χ2v) is 5.53. The topological polar surface area (TPSA) is 77.7 Å². The zero-order valence-corrected chi connectivity index (χ0v) is 11.7. The predicted molar refractivity (Wildman–Crippen MR) is 76.6 cm³/mol. The number of hydrogen-bond acceptors (Lipinski definition) is 7. The van der Waals surface area contributed by atoms with Crippen LogP contribution in [0.4, 0.5) is 10.9 Å². The largest absolute Gasteiger partial charge is 0.297 e. The van der Waals surface area contributed by atoms with Crippen LogP contribution in [0, 0.1) is 11.3 Å². The molecule has 2 aromatic heterocycles. The van der Waals surface area contributed by atoms with Gasteiger partial charge in [-0.05, 0) is 31.9 Å². The van der Waals surface area contributed by atoms with Crippen molar-refractivity contribution in [1.29, 1.82) is 5.26 Å². The van der Waals surface area contributed by atoms with Gasteiger partial charge in [0.05, 0.1) is 12.4 Å². The van der Waals surface area contributed by atoms with Gasteiger partial charge < -0.3 is 0 Å². The number of hydrogen-bond donors (Lipinski definition) is 1. The third-order valence-electron chi connectivity index (χ3n) is 3.22. The average molecular weight is 286 g/mol. The maximum absolute atomic E-state index is 8.97. The quantitative estimate of drug-likeness (QED) is 0.930. The van der Waals surface area contributed by atoms with Gasteiger partial charge in [0.1, 0.15) is 23.1 Å². The zero-order valence-electron chi connectivity index (χ0n) is 10.9. The number of piperidine rings is 1. The lowest BCUT2D eigenvalue weighted by molar-refractivity contribution is 0.404. The maximum Gasteiger partial charge on any atom is 0.193 e. The molecule has 3 heterocycles. The van der Waals surface area contributed by atoms with E-state index < -0.39 is 0 Å². The molecule has 3 rings (SSSR count). The van der Waals surface area contributed by atoms with Crippen molar-refractivity contribution in [1.82, 2.24) is 20.3 Å². The lowest BCUT2D eigenvalue weighted by Crippen LogP contribution is -2.46. The third kappa shape index (κ3) is 2.61. The van der Waals surface area contributed by atoms with E-state index in [4.69, 9.17) is 5.26 Å². The minimum Gasteiger partial charge on any atom is -0.297 e. The highest BCUT2D eigenvalue weighted by molar-refractivity contribution is 7.16. The Morgan fingerprint density at radius 3 is 3.00 bits per heavy atom. The summed E-state index contributed by atoms with van der Waals surface area (Å²) in [6.07, 6.45) is 8.42. The van der Waals surface area contributed by atoms with Crippen molar-refractivity contribution in [3.63, 3.8) is 0 Å². The third-order valence-corrected chi connectivity index (χ3v) is 4.12. The highest BCUT2D eigenvalue weighted by Gasteiger charge is 2.25. The van der Waals surface area contributed by atoms with E-state index in [1.807, 2.05) is 6.07 Å². The van der Waals surface area contributed by atoms with Gasteiger partial charge in [0.15, 0.2) is 5.13 Å². The van der Waals surface area contributed by atoms with Gasteiger partial charge >= 0.3 is 0 Å². The van der Waals surface area contributed by atoms with E-state index in [0.717, 1.165) is 23.9 Å². The molecule has 0 saturated carbocycles. The summed E-state index contributed by atoms with van der Waals surface area (Å²) >= 11 is 1.38. The smallest absolute Gasteiger partial charge is 0.193 e. The summed E-state index contributed by atoms with van der Waals surface area (Å²) in [5.74, 6) is 0.804. The SMILES string of the molecule is N#Cc1cnc(N(c2ccncn2)C2CCCCN2)s1. The van der Waals surface area contributed by atoms with Gasteiger partial charge in [0.25, 0.3) is 0 Å². The minimum atomic E-state index is 0.163. The summed E-state index contributed by atoms with van der Waals surface area (Å²) in [5.41, 5.74) is 0. The highest BCUT2D eigenvalue weighted by Crippen LogP contribution is 2.31. The summed E-state index contributed by atoms with van der Waals surface area (Å²) in [6.45, 7) is 0.989. The number of nitrogens with zero attached hydrogens (tertiary/aromatic N) is 5. The van der Waals surface area contributed by atoms with E-state index in [1.165, 1.54) is 30.5 Å². The Kier molecular flexibility index (Phi) is 3.85. The first kappa shape index (κ1) is 13.0. The Bertz CT molecular complexity index is 599. The number of nitriles is 1. The van der Waals surface area contributed by atoms with Crippen molar-refractivity contribution in [3.05, 3.63) is 29.7 Å². The second kappa shape index (κ2) is 5.94. The van der Waals surface area contributed by atoms with Crippen LogP contribution < -0.4 is 10.2 Å². The summed E-state index contributed by atoms with van der Waals surface area (Å²) in [5, 5.41) is 13.3. The first-order valence-electron chi connectivity index (χ1n) is 6.53. The molecule has 6 nitrogen and oxygen atoms in total. The van der Waals surface area contributed by atoms with Crippen molar-refractivity contribution >= 4 is 22.3 Å².